The van der Waals surface area contributed by atoms with Gasteiger partial charge in [0, 0.05) is 27.0 Å². The smallest absolute Gasteiger partial charge is 0.264 e. The molecule has 0 aliphatic rings. The Morgan fingerprint density at radius 2 is 2.04 bits per heavy atom. The molecule has 0 spiro atoms. The molecule has 0 unspecified atom stereocenters. The minimum absolute atomic E-state index is 0.0465. The maximum Gasteiger partial charge on any atom is 0.264 e. The van der Waals surface area contributed by atoms with Crippen LogP contribution in [-0.4, -0.2) is 26.7 Å². The number of ketones is 1. The lowest BCUT2D eigenvalue weighted by Crippen LogP contribution is -2.03. The van der Waals surface area contributed by atoms with Gasteiger partial charge >= 0.3 is 0 Å². The van der Waals surface area contributed by atoms with Gasteiger partial charge in [-0.1, -0.05) is 28.1 Å². The van der Waals surface area contributed by atoms with Gasteiger partial charge in [0.1, 0.15) is 12.2 Å². The Morgan fingerprint density at radius 3 is 2.73 bits per heavy atom. The van der Waals surface area contributed by atoms with Gasteiger partial charge in [-0.25, -0.2) is 0 Å². The quantitative estimate of drug-likeness (QED) is 0.486. The summed E-state index contributed by atoms with van der Waals surface area (Å²) in [5, 5.41) is 8.11. The van der Waals surface area contributed by atoms with E-state index in [1.165, 1.54) is 0 Å². The van der Waals surface area contributed by atoms with Crippen LogP contribution in [0.15, 0.2) is 38.1 Å². The van der Waals surface area contributed by atoms with E-state index in [9.17, 15) is 4.79 Å². The Bertz CT molecular complexity index is 997. The molecule has 0 aliphatic carbocycles. The van der Waals surface area contributed by atoms with Crippen LogP contribution in [0.1, 0.15) is 46.9 Å². The molecule has 0 saturated heterocycles. The largest absolute Gasteiger partial charge is 0.417 e. The van der Waals surface area contributed by atoms with E-state index in [1.54, 1.807) is 6.07 Å². The molecule has 0 bridgehead atoms. The zero-order valence-corrected chi connectivity index (χ0v) is 16.6. The van der Waals surface area contributed by atoms with Crippen molar-refractivity contribution >= 4 is 27.4 Å². The van der Waals surface area contributed by atoms with E-state index < -0.39 is 0 Å². The molecule has 0 radical (unpaired) electrons. The van der Waals surface area contributed by atoms with Gasteiger partial charge in [0.25, 0.3) is 5.89 Å². The molecular weight excluding hydrogens is 396 g/mol. The summed E-state index contributed by atoms with van der Waals surface area (Å²) >= 11 is 3.41. The zero-order valence-electron chi connectivity index (χ0n) is 15.1. The van der Waals surface area contributed by atoms with Crippen LogP contribution in [0, 0.1) is 13.8 Å². The van der Waals surface area contributed by atoms with Crippen LogP contribution >= 0.6 is 15.9 Å². The number of aromatic nitrogens is 3. The molecule has 134 valence electrons. The lowest BCUT2D eigenvalue weighted by Gasteiger charge is -2.03. The van der Waals surface area contributed by atoms with E-state index in [2.05, 4.69) is 36.1 Å². The molecule has 3 aromatic rings. The van der Waals surface area contributed by atoms with Crippen molar-refractivity contribution in [2.45, 2.75) is 34.2 Å². The number of halogens is 1. The minimum Gasteiger partial charge on any atom is -0.417 e. The monoisotopic (exact) mass is 414 g/mol. The third kappa shape index (κ3) is 3.67. The molecule has 2 heterocycles. The number of rotatable bonds is 5. The summed E-state index contributed by atoms with van der Waals surface area (Å²) in [6.45, 7) is 7.91. The van der Waals surface area contributed by atoms with Crippen LogP contribution in [0.3, 0.4) is 0 Å². The zero-order chi connectivity index (χ0) is 18.8. The number of benzene rings is 1. The number of carbonyl (C=O) groups excluding carboxylic acids is 1. The second kappa shape index (κ2) is 7.37. The van der Waals surface area contributed by atoms with Crippen molar-refractivity contribution in [3.05, 3.63) is 57.0 Å². The van der Waals surface area contributed by atoms with Crippen LogP contribution in [0.4, 0.5) is 0 Å². The van der Waals surface area contributed by atoms with Gasteiger partial charge in [0.05, 0.1) is 0 Å². The number of aromatic amines is 1. The number of aryl methyl sites for hydroxylation is 1. The van der Waals surface area contributed by atoms with E-state index in [0.717, 1.165) is 21.4 Å². The van der Waals surface area contributed by atoms with Gasteiger partial charge in [-0.2, -0.15) is 0 Å². The summed E-state index contributed by atoms with van der Waals surface area (Å²) < 4.78 is 6.56. The van der Waals surface area contributed by atoms with E-state index >= 15 is 0 Å². The van der Waals surface area contributed by atoms with Crippen LogP contribution in [0.2, 0.25) is 0 Å². The van der Waals surface area contributed by atoms with Crippen LogP contribution in [0.25, 0.3) is 11.6 Å². The van der Waals surface area contributed by atoms with E-state index in [4.69, 9.17) is 4.42 Å². The van der Waals surface area contributed by atoms with Crippen molar-refractivity contribution in [3.63, 3.8) is 0 Å². The molecule has 2 aromatic heterocycles. The summed E-state index contributed by atoms with van der Waals surface area (Å²) in [6.07, 6.45) is 0. The number of hydrogen-bond acceptors (Lipinski definition) is 5. The molecule has 0 atom stereocenters. The molecule has 3 rings (SSSR count). The summed E-state index contributed by atoms with van der Waals surface area (Å²) in [5.41, 5.74) is 4.41. The maximum atomic E-state index is 12.9. The fourth-order valence-corrected chi connectivity index (χ4v) is 3.12. The lowest BCUT2D eigenvalue weighted by atomic mass is 10.00. The fourth-order valence-electron chi connectivity index (χ4n) is 2.72. The van der Waals surface area contributed by atoms with Gasteiger partial charge in [0.2, 0.25) is 5.89 Å². The molecule has 26 heavy (non-hydrogen) atoms. The summed E-state index contributed by atoms with van der Waals surface area (Å²) in [6, 6.07) is 7.34. The highest BCUT2D eigenvalue weighted by Crippen LogP contribution is 2.29. The predicted molar refractivity (Wildman–Crippen MR) is 104 cm³/mol. The number of H-pyrrole nitrogens is 1. The molecule has 6 nitrogen and oxygen atoms in total. The van der Waals surface area contributed by atoms with Crippen molar-refractivity contribution in [3.8, 4) is 11.6 Å². The Hall–Kier alpha value is -2.54. The van der Waals surface area contributed by atoms with Gasteiger partial charge in [-0.3, -0.25) is 9.79 Å². The lowest BCUT2D eigenvalue weighted by molar-refractivity contribution is 0.103. The molecule has 1 N–H and O–H groups in total. The molecular formula is C19H19BrN4O2. The first-order chi connectivity index (χ1) is 12.4. The van der Waals surface area contributed by atoms with E-state index in [1.807, 2.05) is 45.9 Å². The van der Waals surface area contributed by atoms with Crippen molar-refractivity contribution < 1.29 is 9.21 Å². The van der Waals surface area contributed by atoms with Gasteiger partial charge in [0.15, 0.2) is 5.78 Å². The second-order valence-corrected chi connectivity index (χ2v) is 7.14. The molecule has 0 fully saturated rings. The number of hydrogen-bond donors (Lipinski definition) is 1. The standard InChI is InChI=1S/C19H19BrN4O2/c1-10(2)21-9-15-23-24-19(26-15)17-11(3)16(12(4)22-17)18(25)13-6-5-7-14(20)8-13/h5-8,22H,9H2,1-4H3. The van der Waals surface area contributed by atoms with Gasteiger partial charge < -0.3 is 9.40 Å². The first kappa shape index (κ1) is 18.3. The third-order valence-electron chi connectivity index (χ3n) is 3.96. The first-order valence-corrected chi connectivity index (χ1v) is 8.96. The average molecular weight is 415 g/mol. The predicted octanol–water partition coefficient (Wildman–Crippen LogP) is 4.66. The summed E-state index contributed by atoms with van der Waals surface area (Å²) in [7, 11) is 0. The van der Waals surface area contributed by atoms with Crippen molar-refractivity contribution in [2.24, 2.45) is 4.99 Å². The number of nitrogens with zero attached hydrogens (tertiary/aromatic N) is 3. The molecule has 0 saturated carbocycles. The van der Waals surface area contributed by atoms with Crippen molar-refractivity contribution in [1.29, 1.82) is 0 Å². The molecule has 0 aliphatic heterocycles. The van der Waals surface area contributed by atoms with E-state index in [0.29, 0.717) is 35.1 Å². The SMILES string of the molecule is CC(C)=NCc1nnc(-c2[nH]c(C)c(C(=O)c3cccc(Br)c3)c2C)o1. The Morgan fingerprint density at radius 1 is 1.27 bits per heavy atom. The Labute approximate surface area is 159 Å². The normalized spacial score (nSPS) is 10.8. The maximum absolute atomic E-state index is 12.9. The third-order valence-corrected chi connectivity index (χ3v) is 4.46. The van der Waals surface area contributed by atoms with Crippen LogP contribution < -0.4 is 0 Å². The van der Waals surface area contributed by atoms with Crippen LogP contribution in [0.5, 0.6) is 0 Å². The van der Waals surface area contributed by atoms with Gasteiger partial charge in [-0.15, -0.1) is 10.2 Å². The number of nitrogens with one attached hydrogen (secondary N) is 1. The Kier molecular flexibility index (Phi) is 5.18. The molecule has 7 heteroatoms. The van der Waals surface area contributed by atoms with Crippen molar-refractivity contribution in [1.82, 2.24) is 15.2 Å². The summed E-state index contributed by atoms with van der Waals surface area (Å²) in [5.74, 6) is 0.750. The first-order valence-electron chi connectivity index (χ1n) is 8.16. The highest BCUT2D eigenvalue weighted by atomic mass is 79.9. The minimum atomic E-state index is -0.0465. The average Bonchev–Trinajstić information content (AvgIpc) is 3.17. The summed E-state index contributed by atoms with van der Waals surface area (Å²) in [4.78, 5) is 20.4. The Balaban J connectivity index is 1.96. The molecule has 1 aromatic carbocycles. The molecule has 0 amide bonds. The highest BCUT2D eigenvalue weighted by molar-refractivity contribution is 9.10. The van der Waals surface area contributed by atoms with Gasteiger partial charge in [-0.05, 0) is 45.4 Å². The second-order valence-electron chi connectivity index (χ2n) is 6.23. The van der Waals surface area contributed by atoms with Crippen LogP contribution in [-0.2, 0) is 6.54 Å². The number of aliphatic imine (C=N–C) groups is 1. The fraction of sp³-hybridized carbons (Fsp3) is 0.263. The van der Waals surface area contributed by atoms with Crippen molar-refractivity contribution in [2.75, 3.05) is 0 Å². The highest BCUT2D eigenvalue weighted by Gasteiger charge is 2.23. The topological polar surface area (TPSA) is 84.1 Å². The number of carbonyl (C=O) groups is 1. The van der Waals surface area contributed by atoms with E-state index in [-0.39, 0.29) is 5.78 Å².